The molecule has 0 aliphatic heterocycles. The topological polar surface area (TPSA) is 142 Å². The van der Waals surface area contributed by atoms with Crippen LogP contribution in [0.15, 0.2) is 87.6 Å². The lowest BCUT2D eigenvalue weighted by Gasteiger charge is -2.23. The van der Waals surface area contributed by atoms with E-state index >= 15 is 0 Å². The number of hydrogen-bond donors (Lipinski definition) is 2. The van der Waals surface area contributed by atoms with Gasteiger partial charge in [-0.15, -0.1) is 0 Å². The van der Waals surface area contributed by atoms with Crippen LogP contribution in [-0.4, -0.2) is 33.0 Å². The van der Waals surface area contributed by atoms with Crippen LogP contribution >= 0.6 is 0 Å². The molecule has 0 saturated carbocycles. The standard InChI is InChI=1S/C31H29N5O4S/c1-3-5-9-27-35-30(37)28(31(38)36(27)26(4-2)22-8-6-7-20(18-22)19-32)41(39,40)23-12-10-21(11-13-23)24-14-16-33-29-25(24)15-17-34-29/h6-8,10-18,26,37H,3-5,9H2,1-2H3,(H,33,34)/t26-/m0/s1. The minimum Gasteiger partial charge on any atom is -0.492 e. The number of benzene rings is 2. The van der Waals surface area contributed by atoms with Gasteiger partial charge in [-0.05, 0) is 65.9 Å². The molecule has 0 fully saturated rings. The number of aromatic nitrogens is 4. The van der Waals surface area contributed by atoms with Gasteiger partial charge < -0.3 is 10.1 Å². The molecule has 0 aliphatic rings. The highest BCUT2D eigenvalue weighted by Gasteiger charge is 2.31. The third kappa shape index (κ3) is 5.12. The maximum Gasteiger partial charge on any atom is 0.277 e. The molecule has 0 radical (unpaired) electrons. The zero-order valence-electron chi connectivity index (χ0n) is 22.7. The molecule has 0 unspecified atom stereocenters. The van der Waals surface area contributed by atoms with Crippen molar-refractivity contribution < 1.29 is 13.5 Å². The quantitative estimate of drug-likeness (QED) is 0.238. The van der Waals surface area contributed by atoms with Gasteiger partial charge in [-0.25, -0.2) is 13.4 Å². The Morgan fingerprint density at radius 3 is 2.59 bits per heavy atom. The van der Waals surface area contributed by atoms with Gasteiger partial charge in [0.15, 0.2) is 4.90 Å². The van der Waals surface area contributed by atoms with Crippen LogP contribution in [0.2, 0.25) is 0 Å². The Kier molecular flexibility index (Phi) is 7.72. The number of hydrogen-bond acceptors (Lipinski definition) is 7. The summed E-state index contributed by atoms with van der Waals surface area (Å²) in [5.74, 6) is -0.517. The average molecular weight is 568 g/mol. The van der Waals surface area contributed by atoms with Crippen LogP contribution in [0.25, 0.3) is 22.2 Å². The summed E-state index contributed by atoms with van der Waals surface area (Å²) < 4.78 is 29.1. The molecule has 41 heavy (non-hydrogen) atoms. The molecule has 9 nitrogen and oxygen atoms in total. The largest absolute Gasteiger partial charge is 0.492 e. The summed E-state index contributed by atoms with van der Waals surface area (Å²) in [5.41, 5.74) is 2.62. The van der Waals surface area contributed by atoms with Crippen LogP contribution in [0.5, 0.6) is 5.88 Å². The summed E-state index contributed by atoms with van der Waals surface area (Å²) in [6.07, 6.45) is 5.77. The third-order valence-corrected chi connectivity index (χ3v) is 8.97. The molecule has 3 aromatic heterocycles. The zero-order chi connectivity index (χ0) is 29.1. The number of unbranched alkanes of at least 4 members (excludes halogenated alkanes) is 1. The molecule has 3 heterocycles. The van der Waals surface area contributed by atoms with Crippen LogP contribution < -0.4 is 5.56 Å². The number of nitrogens with zero attached hydrogens (tertiary/aromatic N) is 4. The fourth-order valence-electron chi connectivity index (χ4n) is 5.14. The Hall–Kier alpha value is -4.75. The molecule has 0 aliphatic carbocycles. The molecule has 2 aromatic carbocycles. The molecule has 5 aromatic rings. The Morgan fingerprint density at radius 2 is 1.88 bits per heavy atom. The summed E-state index contributed by atoms with van der Waals surface area (Å²) in [6, 6.07) is 18.3. The Bertz CT molecular complexity index is 1940. The molecular formula is C31H29N5O4S. The second-order valence-electron chi connectivity index (χ2n) is 9.75. The third-order valence-electron chi connectivity index (χ3n) is 7.19. The van der Waals surface area contributed by atoms with E-state index in [1.807, 2.05) is 26.0 Å². The first-order valence-electron chi connectivity index (χ1n) is 13.4. The van der Waals surface area contributed by atoms with Crippen molar-refractivity contribution in [3.8, 4) is 23.1 Å². The molecule has 208 valence electrons. The molecule has 10 heteroatoms. The molecule has 0 amide bonds. The first kappa shape index (κ1) is 27.8. The minimum atomic E-state index is -4.44. The second kappa shape index (κ2) is 11.4. The van der Waals surface area contributed by atoms with Crippen molar-refractivity contribution in [1.82, 2.24) is 19.5 Å². The summed E-state index contributed by atoms with van der Waals surface area (Å²) in [7, 11) is -4.44. The van der Waals surface area contributed by atoms with Gasteiger partial charge in [0.05, 0.1) is 22.6 Å². The van der Waals surface area contributed by atoms with E-state index in [1.54, 1.807) is 48.8 Å². The molecule has 0 saturated heterocycles. The van der Waals surface area contributed by atoms with Crippen molar-refractivity contribution in [2.75, 3.05) is 0 Å². The molecule has 1 atom stereocenters. The van der Waals surface area contributed by atoms with Crippen molar-refractivity contribution >= 4 is 20.9 Å². The molecular weight excluding hydrogens is 538 g/mol. The first-order chi connectivity index (χ1) is 19.8. The summed E-state index contributed by atoms with van der Waals surface area (Å²) in [4.78, 5) is 24.7. The SMILES string of the molecule is CCCCc1nc(O)c(S(=O)(=O)c2ccc(-c3ccnc4[nH]ccc34)cc2)c(=O)n1[C@@H](CC)c1cccc(C#N)c1. The van der Waals surface area contributed by atoms with Gasteiger partial charge in [0.2, 0.25) is 15.7 Å². The summed E-state index contributed by atoms with van der Waals surface area (Å²) in [6.45, 7) is 3.87. The number of nitriles is 1. The number of aryl methyl sites for hydroxylation is 1. The van der Waals surface area contributed by atoms with E-state index in [4.69, 9.17) is 0 Å². The number of rotatable bonds is 9. The molecule has 0 bridgehead atoms. The zero-order valence-corrected chi connectivity index (χ0v) is 23.5. The van der Waals surface area contributed by atoms with Gasteiger partial charge in [-0.3, -0.25) is 9.36 Å². The first-order valence-corrected chi connectivity index (χ1v) is 14.9. The van der Waals surface area contributed by atoms with Crippen LogP contribution in [0.3, 0.4) is 0 Å². The minimum absolute atomic E-state index is 0.137. The van der Waals surface area contributed by atoms with Gasteiger partial charge in [-0.1, -0.05) is 44.5 Å². The highest BCUT2D eigenvalue weighted by atomic mass is 32.2. The van der Waals surface area contributed by atoms with Gasteiger partial charge in [-0.2, -0.15) is 10.2 Å². The number of fused-ring (bicyclic) bond motifs is 1. The van der Waals surface area contributed by atoms with Gasteiger partial charge in [0, 0.05) is 24.2 Å². The van der Waals surface area contributed by atoms with E-state index in [1.165, 1.54) is 16.7 Å². The highest BCUT2D eigenvalue weighted by Crippen LogP contribution is 2.32. The molecule has 5 rings (SSSR count). The van der Waals surface area contributed by atoms with Crippen LogP contribution in [0.4, 0.5) is 0 Å². The Balaban J connectivity index is 1.64. The van der Waals surface area contributed by atoms with Crippen molar-refractivity contribution in [1.29, 1.82) is 5.26 Å². The normalized spacial score (nSPS) is 12.3. The number of H-pyrrole nitrogens is 1. The predicted molar refractivity (Wildman–Crippen MR) is 155 cm³/mol. The Morgan fingerprint density at radius 1 is 1.10 bits per heavy atom. The lowest BCUT2D eigenvalue weighted by molar-refractivity contribution is 0.406. The highest BCUT2D eigenvalue weighted by molar-refractivity contribution is 7.91. The maximum atomic E-state index is 14.0. The lowest BCUT2D eigenvalue weighted by atomic mass is 10.0. The number of pyridine rings is 1. The second-order valence-corrected chi connectivity index (χ2v) is 11.6. The molecule has 0 spiro atoms. The van der Waals surface area contributed by atoms with E-state index in [2.05, 4.69) is 21.0 Å². The molecule has 2 N–H and O–H groups in total. The van der Waals surface area contributed by atoms with Crippen LogP contribution in [-0.2, 0) is 16.3 Å². The van der Waals surface area contributed by atoms with E-state index in [0.717, 1.165) is 22.9 Å². The summed E-state index contributed by atoms with van der Waals surface area (Å²) in [5, 5.41) is 21.2. The monoisotopic (exact) mass is 567 g/mol. The number of aromatic amines is 1. The van der Waals surface area contributed by atoms with E-state index < -0.39 is 32.2 Å². The van der Waals surface area contributed by atoms with Crippen molar-refractivity contribution in [2.45, 2.75) is 55.4 Å². The number of sulfone groups is 1. The van der Waals surface area contributed by atoms with Gasteiger partial charge in [0.25, 0.3) is 5.56 Å². The number of aromatic hydroxyl groups is 1. The lowest BCUT2D eigenvalue weighted by Crippen LogP contribution is -2.33. The van der Waals surface area contributed by atoms with Crippen LogP contribution in [0, 0.1) is 11.3 Å². The van der Waals surface area contributed by atoms with Crippen molar-refractivity contribution in [2.24, 2.45) is 0 Å². The summed E-state index contributed by atoms with van der Waals surface area (Å²) >= 11 is 0. The van der Waals surface area contributed by atoms with Crippen LogP contribution in [0.1, 0.15) is 56.1 Å². The van der Waals surface area contributed by atoms with Gasteiger partial charge in [0.1, 0.15) is 11.5 Å². The van der Waals surface area contributed by atoms with E-state index in [9.17, 15) is 23.6 Å². The fraction of sp³-hybridized carbons (Fsp3) is 0.226. The maximum absolute atomic E-state index is 14.0. The fourth-order valence-corrected chi connectivity index (χ4v) is 6.49. The van der Waals surface area contributed by atoms with E-state index in [-0.39, 0.29) is 4.90 Å². The van der Waals surface area contributed by atoms with Crippen molar-refractivity contribution in [3.05, 3.63) is 100 Å². The average Bonchev–Trinajstić information content (AvgIpc) is 3.47. The smallest absolute Gasteiger partial charge is 0.277 e. The number of nitrogens with one attached hydrogen (secondary N) is 1. The van der Waals surface area contributed by atoms with Gasteiger partial charge >= 0.3 is 0 Å². The predicted octanol–water partition coefficient (Wildman–Crippen LogP) is 5.54. The van der Waals surface area contributed by atoms with E-state index in [0.29, 0.717) is 41.9 Å². The van der Waals surface area contributed by atoms with Crippen molar-refractivity contribution in [3.63, 3.8) is 0 Å². The Labute approximate surface area is 237 Å².